The van der Waals surface area contributed by atoms with Crippen LogP contribution in [0.2, 0.25) is 5.02 Å². The number of rotatable bonds is 3. The molecule has 21 heavy (non-hydrogen) atoms. The van der Waals surface area contributed by atoms with Gasteiger partial charge in [0.05, 0.1) is 5.02 Å². The van der Waals surface area contributed by atoms with E-state index in [-0.39, 0.29) is 17.1 Å². The molecule has 0 heterocycles. The SMILES string of the molecule is CC1(C)C(N)C(C)(C)C1NS(=O)(=O)c1cccc(Cl)c1F. The zero-order valence-electron chi connectivity index (χ0n) is 12.4. The van der Waals surface area contributed by atoms with Gasteiger partial charge < -0.3 is 5.73 Å². The monoisotopic (exact) mass is 334 g/mol. The van der Waals surface area contributed by atoms with Gasteiger partial charge in [0, 0.05) is 12.1 Å². The summed E-state index contributed by atoms with van der Waals surface area (Å²) in [5.41, 5.74) is 5.28. The largest absolute Gasteiger partial charge is 0.327 e. The molecule has 1 saturated carbocycles. The topological polar surface area (TPSA) is 72.2 Å². The first-order valence-electron chi connectivity index (χ1n) is 6.64. The first-order chi connectivity index (χ1) is 9.42. The molecule has 0 aliphatic heterocycles. The van der Waals surface area contributed by atoms with Crippen LogP contribution in [-0.2, 0) is 10.0 Å². The summed E-state index contributed by atoms with van der Waals surface area (Å²) in [4.78, 5) is -0.443. The lowest BCUT2D eigenvalue weighted by atomic mass is 9.49. The van der Waals surface area contributed by atoms with E-state index in [1.807, 2.05) is 27.7 Å². The van der Waals surface area contributed by atoms with E-state index in [9.17, 15) is 12.8 Å². The average molecular weight is 335 g/mol. The first-order valence-corrected chi connectivity index (χ1v) is 8.50. The Kier molecular flexibility index (Phi) is 3.90. The van der Waals surface area contributed by atoms with E-state index in [0.29, 0.717) is 0 Å². The van der Waals surface area contributed by atoms with E-state index < -0.39 is 31.6 Å². The third-order valence-corrected chi connectivity index (χ3v) is 6.30. The van der Waals surface area contributed by atoms with Gasteiger partial charge in [-0.1, -0.05) is 45.4 Å². The minimum atomic E-state index is -4.00. The molecule has 0 spiro atoms. The van der Waals surface area contributed by atoms with Crippen LogP contribution in [0.3, 0.4) is 0 Å². The molecule has 118 valence electrons. The van der Waals surface area contributed by atoms with E-state index in [0.717, 1.165) is 0 Å². The fraction of sp³-hybridized carbons (Fsp3) is 0.571. The Labute approximate surface area is 129 Å². The molecule has 0 atom stereocenters. The molecule has 7 heteroatoms. The van der Waals surface area contributed by atoms with Crippen LogP contribution in [0.15, 0.2) is 23.1 Å². The second-order valence-corrected chi connectivity index (χ2v) is 8.82. The summed E-state index contributed by atoms with van der Waals surface area (Å²) in [6.45, 7) is 7.57. The molecule has 0 radical (unpaired) electrons. The summed E-state index contributed by atoms with van der Waals surface area (Å²) in [5, 5.41) is -0.221. The molecule has 1 aliphatic carbocycles. The molecule has 4 nitrogen and oxygen atoms in total. The van der Waals surface area contributed by atoms with E-state index >= 15 is 0 Å². The highest BCUT2D eigenvalue weighted by Crippen LogP contribution is 2.53. The van der Waals surface area contributed by atoms with Crippen LogP contribution in [0, 0.1) is 16.6 Å². The minimum absolute atomic E-state index is 0.151. The van der Waals surface area contributed by atoms with Crippen LogP contribution in [0.4, 0.5) is 4.39 Å². The third kappa shape index (κ3) is 2.48. The van der Waals surface area contributed by atoms with Crippen molar-refractivity contribution in [1.29, 1.82) is 0 Å². The lowest BCUT2D eigenvalue weighted by molar-refractivity contribution is -0.0593. The minimum Gasteiger partial charge on any atom is -0.327 e. The first kappa shape index (κ1) is 16.7. The number of hydrogen-bond acceptors (Lipinski definition) is 3. The Hall–Kier alpha value is -0.690. The van der Waals surface area contributed by atoms with E-state index in [2.05, 4.69) is 4.72 Å². The van der Waals surface area contributed by atoms with Gasteiger partial charge in [0.1, 0.15) is 4.90 Å². The van der Waals surface area contributed by atoms with Gasteiger partial charge in [-0.15, -0.1) is 0 Å². The second kappa shape index (κ2) is 4.91. The van der Waals surface area contributed by atoms with Gasteiger partial charge in [-0.05, 0) is 23.0 Å². The van der Waals surface area contributed by atoms with Crippen LogP contribution in [0.25, 0.3) is 0 Å². The molecular weight excluding hydrogens is 315 g/mol. The van der Waals surface area contributed by atoms with Crippen LogP contribution in [0.1, 0.15) is 27.7 Å². The summed E-state index contributed by atoms with van der Waals surface area (Å²) in [5.74, 6) is -0.939. The summed E-state index contributed by atoms with van der Waals surface area (Å²) < 4.78 is 41.4. The number of nitrogens with two attached hydrogens (primary N) is 1. The zero-order valence-corrected chi connectivity index (χ0v) is 14.0. The summed E-state index contributed by atoms with van der Waals surface area (Å²) in [6, 6.07) is 3.37. The predicted molar refractivity (Wildman–Crippen MR) is 81.1 cm³/mol. The van der Waals surface area contributed by atoms with Gasteiger partial charge >= 0.3 is 0 Å². The maximum absolute atomic E-state index is 14.0. The molecule has 0 unspecified atom stereocenters. The molecule has 1 fully saturated rings. The van der Waals surface area contributed by atoms with E-state index in [1.165, 1.54) is 18.2 Å². The Morgan fingerprint density at radius 1 is 1.24 bits per heavy atom. The maximum Gasteiger partial charge on any atom is 0.243 e. The van der Waals surface area contributed by atoms with Crippen LogP contribution >= 0.6 is 11.6 Å². The van der Waals surface area contributed by atoms with Gasteiger partial charge in [0.15, 0.2) is 5.82 Å². The lowest BCUT2D eigenvalue weighted by Crippen LogP contribution is -2.75. The van der Waals surface area contributed by atoms with Crippen molar-refractivity contribution in [3.8, 4) is 0 Å². The molecule has 0 aromatic heterocycles. The summed E-state index contributed by atoms with van der Waals surface area (Å²) in [7, 11) is -4.00. The van der Waals surface area contributed by atoms with Crippen molar-refractivity contribution in [2.75, 3.05) is 0 Å². The highest BCUT2D eigenvalue weighted by atomic mass is 35.5. The number of benzene rings is 1. The van der Waals surface area contributed by atoms with Crippen molar-refractivity contribution in [3.63, 3.8) is 0 Å². The molecule has 1 aromatic carbocycles. The Morgan fingerprint density at radius 2 is 1.76 bits per heavy atom. The van der Waals surface area contributed by atoms with Crippen molar-refractivity contribution in [2.45, 2.75) is 44.7 Å². The Bertz CT molecular complexity index is 658. The Morgan fingerprint density at radius 3 is 2.29 bits per heavy atom. The van der Waals surface area contributed by atoms with Crippen LogP contribution in [0.5, 0.6) is 0 Å². The summed E-state index contributed by atoms with van der Waals surface area (Å²) in [6.07, 6.45) is 0. The molecule has 0 saturated heterocycles. The van der Waals surface area contributed by atoms with Crippen molar-refractivity contribution < 1.29 is 12.8 Å². The number of sulfonamides is 1. The quantitative estimate of drug-likeness (QED) is 0.892. The molecule has 0 bridgehead atoms. The molecular formula is C14H20ClFN2O2S. The third-order valence-electron chi connectivity index (χ3n) is 4.57. The normalized spacial score (nSPS) is 27.2. The molecule has 1 aliphatic rings. The van der Waals surface area contributed by atoms with E-state index in [1.54, 1.807) is 0 Å². The van der Waals surface area contributed by atoms with Gasteiger partial charge in [-0.2, -0.15) is 0 Å². The van der Waals surface area contributed by atoms with Crippen LogP contribution in [-0.4, -0.2) is 20.5 Å². The van der Waals surface area contributed by atoms with Gasteiger partial charge in [0.25, 0.3) is 0 Å². The highest BCUT2D eigenvalue weighted by molar-refractivity contribution is 7.89. The predicted octanol–water partition coefficient (Wildman–Crippen LogP) is 2.52. The fourth-order valence-electron chi connectivity index (χ4n) is 3.39. The van der Waals surface area contributed by atoms with Crippen molar-refractivity contribution in [3.05, 3.63) is 29.0 Å². The van der Waals surface area contributed by atoms with Gasteiger partial charge in [0.2, 0.25) is 10.0 Å². The maximum atomic E-state index is 14.0. The smallest absolute Gasteiger partial charge is 0.243 e. The average Bonchev–Trinajstić information content (AvgIpc) is 2.38. The molecule has 3 N–H and O–H groups in total. The number of halogens is 2. The molecule has 1 aromatic rings. The lowest BCUT2D eigenvalue weighted by Gasteiger charge is -2.62. The zero-order chi connectivity index (χ0) is 16.2. The standard InChI is InChI=1S/C14H20ClFN2O2S/c1-13(2)11(17)14(3,4)12(13)18-21(19,20)9-7-5-6-8(15)10(9)16/h5-7,11-12,18H,17H2,1-4H3. The van der Waals surface area contributed by atoms with Gasteiger partial charge in [-0.25, -0.2) is 17.5 Å². The van der Waals surface area contributed by atoms with E-state index in [4.69, 9.17) is 17.3 Å². The number of hydrogen-bond donors (Lipinski definition) is 2. The van der Waals surface area contributed by atoms with Crippen molar-refractivity contribution in [1.82, 2.24) is 4.72 Å². The van der Waals surface area contributed by atoms with Crippen molar-refractivity contribution in [2.24, 2.45) is 16.6 Å². The Balaban J connectivity index is 2.37. The second-order valence-electron chi connectivity index (χ2n) is 6.73. The number of nitrogens with one attached hydrogen (secondary N) is 1. The fourth-order valence-corrected chi connectivity index (χ4v) is 5.27. The van der Waals surface area contributed by atoms with Crippen LogP contribution < -0.4 is 10.5 Å². The van der Waals surface area contributed by atoms with Crippen molar-refractivity contribution >= 4 is 21.6 Å². The highest BCUT2D eigenvalue weighted by Gasteiger charge is 2.61. The summed E-state index contributed by atoms with van der Waals surface area (Å²) >= 11 is 5.65. The molecule has 0 amide bonds. The molecule has 2 rings (SSSR count). The van der Waals surface area contributed by atoms with Gasteiger partial charge in [-0.3, -0.25) is 0 Å².